The lowest BCUT2D eigenvalue weighted by Gasteiger charge is -2.34. The number of hydrogen-bond acceptors (Lipinski definition) is 4. The molecule has 6 heteroatoms. The van der Waals surface area contributed by atoms with Crippen LogP contribution in [0.5, 0.6) is 0 Å². The molecule has 5 nitrogen and oxygen atoms in total. The lowest BCUT2D eigenvalue weighted by Crippen LogP contribution is -2.40. The van der Waals surface area contributed by atoms with Crippen molar-refractivity contribution < 1.29 is 9.47 Å². The normalized spacial score (nSPS) is 22.0. The monoisotopic (exact) mass is 461 g/mol. The van der Waals surface area contributed by atoms with E-state index in [-0.39, 0.29) is 5.60 Å². The topological polar surface area (TPSA) is 39.5 Å². The molecule has 2 fully saturated rings. The van der Waals surface area contributed by atoms with Crippen LogP contribution in [0, 0.1) is 10.5 Å². The van der Waals surface area contributed by atoms with E-state index in [1.54, 1.807) is 0 Å². The summed E-state index contributed by atoms with van der Waals surface area (Å²) in [4.78, 5) is 2.49. The molecule has 0 spiro atoms. The van der Waals surface area contributed by atoms with E-state index in [1.807, 2.05) is 6.20 Å². The zero-order chi connectivity index (χ0) is 17.5. The predicted molar refractivity (Wildman–Crippen MR) is 108 cm³/mol. The van der Waals surface area contributed by atoms with Crippen molar-refractivity contribution in [2.45, 2.75) is 64.0 Å². The van der Waals surface area contributed by atoms with E-state index in [4.69, 9.17) is 9.47 Å². The van der Waals surface area contributed by atoms with Gasteiger partial charge in [0.1, 0.15) is 0 Å². The second kappa shape index (κ2) is 9.67. The highest BCUT2D eigenvalue weighted by molar-refractivity contribution is 14.1. The molecule has 0 N–H and O–H groups in total. The van der Waals surface area contributed by atoms with Gasteiger partial charge in [0, 0.05) is 31.9 Å². The summed E-state index contributed by atoms with van der Waals surface area (Å²) in [6.45, 7) is 8.93. The molecular weight excluding hydrogens is 429 g/mol. The SMILES string of the molecule is Cc1c(I)cnn1CC1(OCCCN2CCOCC2)CCCCCC1. The summed E-state index contributed by atoms with van der Waals surface area (Å²) in [5.41, 5.74) is 1.24. The number of nitrogens with zero attached hydrogens (tertiary/aromatic N) is 3. The Morgan fingerprint density at radius 3 is 2.56 bits per heavy atom. The maximum absolute atomic E-state index is 6.59. The molecule has 0 amide bonds. The Bertz CT molecular complexity index is 521. The summed E-state index contributed by atoms with van der Waals surface area (Å²) in [5, 5.41) is 4.59. The van der Waals surface area contributed by atoms with Crippen molar-refractivity contribution in [2.75, 3.05) is 39.5 Å². The maximum Gasteiger partial charge on any atom is 0.0877 e. The Morgan fingerprint density at radius 2 is 1.92 bits per heavy atom. The van der Waals surface area contributed by atoms with Crippen molar-refractivity contribution in [3.05, 3.63) is 15.5 Å². The number of halogens is 1. The van der Waals surface area contributed by atoms with E-state index >= 15 is 0 Å². The minimum Gasteiger partial charge on any atom is -0.379 e. The first-order valence-corrected chi connectivity index (χ1v) is 10.9. The van der Waals surface area contributed by atoms with Gasteiger partial charge in [-0.2, -0.15) is 5.10 Å². The standard InChI is InChI=1S/C19H32IN3O2/c1-17-18(20)15-21-23(17)16-19(7-4-2-3-5-8-19)25-12-6-9-22-10-13-24-14-11-22/h15H,2-14,16H2,1H3. The van der Waals surface area contributed by atoms with Crippen molar-refractivity contribution in [1.29, 1.82) is 0 Å². The summed E-state index contributed by atoms with van der Waals surface area (Å²) in [5.74, 6) is 0. The predicted octanol–water partition coefficient (Wildman–Crippen LogP) is 3.63. The van der Waals surface area contributed by atoms with E-state index < -0.39 is 0 Å². The lowest BCUT2D eigenvalue weighted by atomic mass is 9.94. The molecule has 0 atom stereocenters. The first kappa shape index (κ1) is 19.6. The zero-order valence-electron chi connectivity index (χ0n) is 15.5. The molecule has 142 valence electrons. The smallest absolute Gasteiger partial charge is 0.0877 e. The fourth-order valence-corrected chi connectivity index (χ4v) is 4.38. The van der Waals surface area contributed by atoms with Crippen LogP contribution >= 0.6 is 22.6 Å². The van der Waals surface area contributed by atoms with E-state index in [1.165, 1.54) is 47.8 Å². The molecule has 3 rings (SSSR count). The fraction of sp³-hybridized carbons (Fsp3) is 0.842. The fourth-order valence-electron chi connectivity index (χ4n) is 3.98. The molecule has 0 aromatic carbocycles. The Hall–Kier alpha value is -0.180. The molecule has 2 aliphatic rings. The molecule has 0 unspecified atom stereocenters. The van der Waals surface area contributed by atoms with E-state index in [0.29, 0.717) is 0 Å². The van der Waals surface area contributed by atoms with Gasteiger partial charge in [0.15, 0.2) is 0 Å². The molecule has 1 aliphatic carbocycles. The molecule has 1 aromatic heterocycles. The second-order valence-corrected chi connectivity index (χ2v) is 8.65. The van der Waals surface area contributed by atoms with Crippen LogP contribution in [0.1, 0.15) is 50.6 Å². The molecular formula is C19H32IN3O2. The van der Waals surface area contributed by atoms with Gasteiger partial charge in [-0.25, -0.2) is 0 Å². The average molecular weight is 461 g/mol. The first-order valence-electron chi connectivity index (χ1n) is 9.81. The Morgan fingerprint density at radius 1 is 1.20 bits per heavy atom. The number of ether oxygens (including phenoxy) is 2. The summed E-state index contributed by atoms with van der Waals surface area (Å²) in [6.07, 6.45) is 10.7. The van der Waals surface area contributed by atoms with Crippen LogP contribution < -0.4 is 0 Å². The third-order valence-electron chi connectivity index (χ3n) is 5.63. The van der Waals surface area contributed by atoms with Crippen LogP contribution in [-0.2, 0) is 16.0 Å². The Kier molecular flexibility index (Phi) is 7.57. The van der Waals surface area contributed by atoms with Crippen LogP contribution in [0.2, 0.25) is 0 Å². The van der Waals surface area contributed by atoms with Crippen LogP contribution in [0.3, 0.4) is 0 Å². The number of hydrogen-bond donors (Lipinski definition) is 0. The highest BCUT2D eigenvalue weighted by atomic mass is 127. The van der Waals surface area contributed by atoms with Gasteiger partial charge in [-0.15, -0.1) is 0 Å². The first-order chi connectivity index (χ1) is 12.2. The van der Waals surface area contributed by atoms with Crippen molar-refractivity contribution in [1.82, 2.24) is 14.7 Å². The molecule has 25 heavy (non-hydrogen) atoms. The summed E-state index contributed by atoms with van der Waals surface area (Å²) >= 11 is 2.37. The second-order valence-electron chi connectivity index (χ2n) is 7.49. The van der Waals surface area contributed by atoms with Crippen molar-refractivity contribution in [3.8, 4) is 0 Å². The molecule has 1 saturated carbocycles. The van der Waals surface area contributed by atoms with Gasteiger partial charge >= 0.3 is 0 Å². The highest BCUT2D eigenvalue weighted by Crippen LogP contribution is 2.33. The van der Waals surface area contributed by atoms with Crippen molar-refractivity contribution in [3.63, 3.8) is 0 Å². The average Bonchev–Trinajstić information content (AvgIpc) is 2.83. The lowest BCUT2D eigenvalue weighted by molar-refractivity contribution is -0.0739. The quantitative estimate of drug-likeness (QED) is 0.353. The molecule has 1 aromatic rings. The van der Waals surface area contributed by atoms with Gasteiger partial charge in [0.2, 0.25) is 0 Å². The van der Waals surface area contributed by atoms with Crippen LogP contribution in [0.15, 0.2) is 6.20 Å². The van der Waals surface area contributed by atoms with Crippen LogP contribution in [-0.4, -0.2) is 59.7 Å². The molecule has 1 saturated heterocycles. The van der Waals surface area contributed by atoms with Gasteiger partial charge < -0.3 is 9.47 Å². The van der Waals surface area contributed by atoms with Crippen LogP contribution in [0.4, 0.5) is 0 Å². The van der Waals surface area contributed by atoms with Crippen molar-refractivity contribution in [2.24, 2.45) is 0 Å². The third kappa shape index (κ3) is 5.65. The van der Waals surface area contributed by atoms with Gasteiger partial charge in [-0.05, 0) is 48.8 Å². The third-order valence-corrected chi connectivity index (χ3v) is 6.69. The van der Waals surface area contributed by atoms with E-state index in [0.717, 1.165) is 52.4 Å². The van der Waals surface area contributed by atoms with Gasteiger partial charge in [-0.3, -0.25) is 9.58 Å². The summed E-state index contributed by atoms with van der Waals surface area (Å²) < 4.78 is 15.4. The minimum absolute atomic E-state index is 0.0264. The van der Waals surface area contributed by atoms with Gasteiger partial charge in [0.25, 0.3) is 0 Å². The molecule has 0 radical (unpaired) electrons. The summed E-state index contributed by atoms with van der Waals surface area (Å²) in [6, 6.07) is 0. The molecule has 1 aliphatic heterocycles. The van der Waals surface area contributed by atoms with Crippen LogP contribution in [0.25, 0.3) is 0 Å². The number of morpholine rings is 1. The largest absolute Gasteiger partial charge is 0.379 e. The maximum atomic E-state index is 6.59. The Balaban J connectivity index is 1.55. The van der Waals surface area contributed by atoms with E-state index in [2.05, 4.69) is 44.2 Å². The zero-order valence-corrected chi connectivity index (χ0v) is 17.7. The molecule has 0 bridgehead atoms. The minimum atomic E-state index is -0.0264. The number of aromatic nitrogens is 2. The van der Waals surface area contributed by atoms with Gasteiger partial charge in [-0.1, -0.05) is 25.7 Å². The number of rotatable bonds is 7. The molecule has 2 heterocycles. The Labute approximate surface area is 165 Å². The summed E-state index contributed by atoms with van der Waals surface area (Å²) in [7, 11) is 0. The highest BCUT2D eigenvalue weighted by Gasteiger charge is 2.33. The van der Waals surface area contributed by atoms with E-state index in [9.17, 15) is 0 Å². The van der Waals surface area contributed by atoms with Crippen molar-refractivity contribution >= 4 is 22.6 Å². The van der Waals surface area contributed by atoms with Gasteiger partial charge in [0.05, 0.1) is 35.1 Å².